The summed E-state index contributed by atoms with van der Waals surface area (Å²) in [4.78, 5) is 12.1. The van der Waals surface area contributed by atoms with Crippen LogP contribution in [0.1, 0.15) is 128 Å². The van der Waals surface area contributed by atoms with Crippen LogP contribution in [0.25, 0.3) is 0 Å². The molecule has 0 fully saturated rings. The van der Waals surface area contributed by atoms with Gasteiger partial charge < -0.3 is 0 Å². The number of rotatable bonds is 19. The maximum atomic E-state index is 4.11. The molecule has 1 aromatic rings. The Morgan fingerprint density at radius 2 is 0.962 bits per heavy atom. The van der Waals surface area contributed by atoms with Crippen molar-refractivity contribution in [2.24, 2.45) is 0 Å². The van der Waals surface area contributed by atoms with E-state index in [4.69, 9.17) is 0 Å². The van der Waals surface area contributed by atoms with Crippen LogP contribution in [-0.4, -0.2) is 15.0 Å². The minimum atomic E-state index is 0.816. The summed E-state index contributed by atoms with van der Waals surface area (Å²) in [5, 5.41) is 0. The monoisotopic (exact) mass is 360 g/mol. The molecule has 0 aromatic carbocycles. The van der Waals surface area contributed by atoms with Gasteiger partial charge in [0.15, 0.2) is 0 Å². The lowest BCUT2D eigenvalue weighted by molar-refractivity contribution is 0.527. The van der Waals surface area contributed by atoms with Gasteiger partial charge in [0.05, 0.1) is 0 Å². The molecule has 0 aliphatic rings. The second-order valence-corrected chi connectivity index (χ2v) is 7.65. The van der Waals surface area contributed by atoms with E-state index < -0.39 is 0 Å². The van der Waals surface area contributed by atoms with Crippen LogP contribution in [-0.2, 0) is 0 Å². The van der Waals surface area contributed by atoms with Crippen molar-refractivity contribution in [2.45, 2.75) is 122 Å². The van der Waals surface area contributed by atoms with Crippen molar-refractivity contribution in [3.63, 3.8) is 0 Å². The van der Waals surface area contributed by atoms with Gasteiger partial charge in [-0.25, -0.2) is 15.0 Å². The fourth-order valence-corrected chi connectivity index (χ4v) is 3.45. The van der Waals surface area contributed by atoms with Crippen molar-refractivity contribution >= 4 is 0 Å². The number of hydrogen-bond acceptors (Lipinski definition) is 3. The average Bonchev–Trinajstić information content (AvgIpc) is 2.68. The minimum Gasteiger partial charge on any atom is -0.225 e. The molecule has 1 radical (unpaired) electrons. The summed E-state index contributed by atoms with van der Waals surface area (Å²) in [6.45, 7) is 2.29. The van der Waals surface area contributed by atoms with Gasteiger partial charge in [0, 0.05) is 6.42 Å². The largest absolute Gasteiger partial charge is 0.225 e. The summed E-state index contributed by atoms with van der Waals surface area (Å²) < 4.78 is 0. The van der Waals surface area contributed by atoms with E-state index in [1.165, 1.54) is 109 Å². The van der Waals surface area contributed by atoms with Crippen LogP contribution in [0.2, 0.25) is 0 Å². The van der Waals surface area contributed by atoms with Crippen LogP contribution in [0, 0.1) is 6.42 Å². The lowest BCUT2D eigenvalue weighted by Crippen LogP contribution is -1.92. The number of nitrogens with zero attached hydrogens (tertiary/aromatic N) is 3. The summed E-state index contributed by atoms with van der Waals surface area (Å²) in [6, 6.07) is 0. The van der Waals surface area contributed by atoms with Crippen molar-refractivity contribution in [1.82, 2.24) is 15.0 Å². The molecule has 1 rings (SSSR count). The zero-order valence-corrected chi connectivity index (χ0v) is 17.3. The molecule has 1 heterocycles. The highest BCUT2D eigenvalue weighted by Crippen LogP contribution is 2.14. The van der Waals surface area contributed by atoms with Gasteiger partial charge in [-0.15, -0.1) is 0 Å². The van der Waals surface area contributed by atoms with Gasteiger partial charge in [-0.1, -0.05) is 116 Å². The molecule has 0 unspecified atom stereocenters. The predicted molar refractivity (Wildman–Crippen MR) is 112 cm³/mol. The molecule has 3 heteroatoms. The highest BCUT2D eigenvalue weighted by Gasteiger charge is 1.97. The Morgan fingerprint density at radius 1 is 0.577 bits per heavy atom. The maximum absolute atomic E-state index is 4.11. The molecule has 0 aliphatic heterocycles. The van der Waals surface area contributed by atoms with Crippen molar-refractivity contribution in [3.05, 3.63) is 24.9 Å². The van der Waals surface area contributed by atoms with E-state index >= 15 is 0 Å². The zero-order valence-electron chi connectivity index (χ0n) is 17.3. The van der Waals surface area contributed by atoms with Gasteiger partial charge in [-0.2, -0.15) is 0 Å². The molecule has 1 aromatic heterocycles. The van der Waals surface area contributed by atoms with Crippen molar-refractivity contribution in [1.29, 1.82) is 0 Å². The quantitative estimate of drug-likeness (QED) is 0.240. The third kappa shape index (κ3) is 15.3. The van der Waals surface area contributed by atoms with Crippen LogP contribution >= 0.6 is 0 Å². The fraction of sp³-hybridized carbons (Fsp3) is 0.826. The first-order valence-electron chi connectivity index (χ1n) is 11.4. The van der Waals surface area contributed by atoms with Crippen LogP contribution in [0.15, 0.2) is 12.7 Å². The second kappa shape index (κ2) is 18.8. The van der Waals surface area contributed by atoms with E-state index in [1.54, 1.807) is 12.7 Å². The molecular formula is C23H42N3. The maximum Gasteiger partial charge on any atom is 0.135 e. The molecule has 0 bridgehead atoms. The van der Waals surface area contributed by atoms with Gasteiger partial charge in [-0.3, -0.25) is 0 Å². The Balaban J connectivity index is 1.68. The van der Waals surface area contributed by atoms with E-state index in [0.29, 0.717) is 0 Å². The topological polar surface area (TPSA) is 38.7 Å². The summed E-state index contributed by atoms with van der Waals surface area (Å²) in [5.41, 5.74) is 0. The Morgan fingerprint density at radius 3 is 1.38 bits per heavy atom. The first-order chi connectivity index (χ1) is 12.9. The van der Waals surface area contributed by atoms with E-state index in [1.807, 2.05) is 0 Å². The van der Waals surface area contributed by atoms with Gasteiger partial charge in [0.25, 0.3) is 0 Å². The van der Waals surface area contributed by atoms with Crippen LogP contribution in [0.5, 0.6) is 0 Å². The Hall–Kier alpha value is -0.990. The zero-order chi connectivity index (χ0) is 18.5. The van der Waals surface area contributed by atoms with Crippen molar-refractivity contribution < 1.29 is 0 Å². The average molecular weight is 361 g/mol. The van der Waals surface area contributed by atoms with Gasteiger partial charge >= 0.3 is 0 Å². The Bertz CT molecular complexity index is 380. The molecule has 149 valence electrons. The van der Waals surface area contributed by atoms with E-state index in [-0.39, 0.29) is 0 Å². The molecule has 26 heavy (non-hydrogen) atoms. The van der Waals surface area contributed by atoms with Crippen LogP contribution in [0.4, 0.5) is 0 Å². The normalized spacial score (nSPS) is 11.1. The molecule has 0 aliphatic carbocycles. The third-order valence-corrected chi connectivity index (χ3v) is 5.15. The standard InChI is InChI=1S/C23H42N3/c1-2-3-4-5-6-7-8-9-10-11-12-13-14-15-16-17-18-19-20-23-25-21-24-22-26-23/h20-22H,2-19H2,1H3. The Labute approximate surface area is 162 Å². The van der Waals surface area contributed by atoms with Crippen LogP contribution in [0.3, 0.4) is 0 Å². The van der Waals surface area contributed by atoms with E-state index in [9.17, 15) is 0 Å². The van der Waals surface area contributed by atoms with Gasteiger partial charge in [0.1, 0.15) is 18.5 Å². The summed E-state index contributed by atoms with van der Waals surface area (Å²) in [7, 11) is 0. The minimum absolute atomic E-state index is 0.816. The smallest absolute Gasteiger partial charge is 0.135 e. The van der Waals surface area contributed by atoms with E-state index in [2.05, 4.69) is 28.3 Å². The predicted octanol–water partition coefficient (Wildman–Crippen LogP) is 7.47. The summed E-state index contributed by atoms with van der Waals surface area (Å²) in [5.74, 6) is 0.816. The molecule has 0 saturated carbocycles. The van der Waals surface area contributed by atoms with Gasteiger partial charge in [0.2, 0.25) is 0 Å². The molecule has 0 N–H and O–H groups in total. The highest BCUT2D eigenvalue weighted by molar-refractivity contribution is 4.96. The molecule has 3 nitrogen and oxygen atoms in total. The second-order valence-electron chi connectivity index (χ2n) is 7.65. The molecule has 0 saturated heterocycles. The Kier molecular flexibility index (Phi) is 16.7. The SMILES string of the molecule is CCCCCCCCCCCCCCCCCCC[CH]c1ncncn1. The lowest BCUT2D eigenvalue weighted by atomic mass is 10.0. The number of aromatic nitrogens is 3. The first-order valence-corrected chi connectivity index (χ1v) is 11.4. The summed E-state index contributed by atoms with van der Waals surface area (Å²) in [6.07, 6.45) is 30.5. The van der Waals surface area contributed by atoms with Crippen molar-refractivity contribution in [3.8, 4) is 0 Å². The highest BCUT2D eigenvalue weighted by atomic mass is 15.0. The van der Waals surface area contributed by atoms with Crippen molar-refractivity contribution in [2.75, 3.05) is 0 Å². The molecule has 0 atom stereocenters. The number of unbranched alkanes of at least 4 members (excludes halogenated alkanes) is 17. The van der Waals surface area contributed by atoms with Gasteiger partial charge in [-0.05, 0) is 6.42 Å². The molecule has 0 spiro atoms. The van der Waals surface area contributed by atoms with Crippen LogP contribution < -0.4 is 0 Å². The summed E-state index contributed by atoms with van der Waals surface area (Å²) >= 11 is 0. The molecular weight excluding hydrogens is 318 g/mol. The molecule has 0 amide bonds. The number of hydrogen-bond donors (Lipinski definition) is 0. The fourth-order valence-electron chi connectivity index (χ4n) is 3.45. The lowest BCUT2D eigenvalue weighted by Gasteiger charge is -2.03. The van der Waals surface area contributed by atoms with E-state index in [0.717, 1.165) is 12.2 Å². The first kappa shape index (κ1) is 23.0. The third-order valence-electron chi connectivity index (χ3n) is 5.15.